The monoisotopic (exact) mass is 220 g/mol. The van der Waals surface area contributed by atoms with E-state index in [2.05, 4.69) is 9.97 Å². The van der Waals surface area contributed by atoms with Crippen molar-refractivity contribution in [1.29, 1.82) is 0 Å². The molecule has 0 aliphatic rings. The first-order valence-electron chi connectivity index (χ1n) is 4.00. The fraction of sp³-hybridized carbons (Fsp3) is 0.500. The van der Waals surface area contributed by atoms with E-state index >= 15 is 0 Å². The number of hydrogen-bond acceptors (Lipinski definition) is 4. The molecule has 1 atom stereocenters. The molecule has 0 saturated heterocycles. The lowest BCUT2D eigenvalue weighted by Crippen LogP contribution is -2.07. The van der Waals surface area contributed by atoms with Crippen molar-refractivity contribution in [3.8, 4) is 0 Å². The molecule has 1 heterocycles. The van der Waals surface area contributed by atoms with Gasteiger partial charge in [0, 0.05) is 20.1 Å². The van der Waals surface area contributed by atoms with E-state index in [4.69, 9.17) is 16.3 Å². The van der Waals surface area contributed by atoms with Crippen LogP contribution in [0.5, 0.6) is 0 Å². The maximum atomic E-state index is 13.1. The molecule has 0 aliphatic carbocycles. The Morgan fingerprint density at radius 1 is 1.71 bits per heavy atom. The molecule has 1 unspecified atom stereocenters. The third-order valence-corrected chi connectivity index (χ3v) is 1.83. The SMILES string of the molecule is COCCC(O)c1nc(Cl)ncc1F. The summed E-state index contributed by atoms with van der Waals surface area (Å²) >= 11 is 5.46. The smallest absolute Gasteiger partial charge is 0.222 e. The fourth-order valence-electron chi connectivity index (χ4n) is 0.958. The number of rotatable bonds is 4. The van der Waals surface area contributed by atoms with Gasteiger partial charge >= 0.3 is 0 Å². The van der Waals surface area contributed by atoms with Gasteiger partial charge in [-0.15, -0.1) is 0 Å². The van der Waals surface area contributed by atoms with E-state index in [0.29, 0.717) is 6.61 Å². The lowest BCUT2D eigenvalue weighted by molar-refractivity contribution is 0.105. The van der Waals surface area contributed by atoms with Gasteiger partial charge in [0.05, 0.1) is 6.20 Å². The Hall–Kier alpha value is -0.780. The molecule has 0 radical (unpaired) electrons. The summed E-state index contributed by atoms with van der Waals surface area (Å²) < 4.78 is 17.8. The lowest BCUT2D eigenvalue weighted by Gasteiger charge is -2.09. The van der Waals surface area contributed by atoms with Gasteiger partial charge in [-0.2, -0.15) is 0 Å². The number of aliphatic hydroxyl groups is 1. The first kappa shape index (κ1) is 11.3. The summed E-state index contributed by atoms with van der Waals surface area (Å²) in [6.07, 6.45) is 0.178. The van der Waals surface area contributed by atoms with Crippen molar-refractivity contribution in [1.82, 2.24) is 9.97 Å². The molecule has 0 fully saturated rings. The van der Waals surface area contributed by atoms with Crippen LogP contribution in [0.25, 0.3) is 0 Å². The molecule has 4 nitrogen and oxygen atoms in total. The van der Waals surface area contributed by atoms with Crippen LogP contribution in [0.15, 0.2) is 6.20 Å². The average molecular weight is 221 g/mol. The Labute approximate surface area is 85.7 Å². The van der Waals surface area contributed by atoms with Crippen molar-refractivity contribution in [2.45, 2.75) is 12.5 Å². The molecule has 0 amide bonds. The highest BCUT2D eigenvalue weighted by Gasteiger charge is 2.15. The van der Waals surface area contributed by atoms with Gasteiger partial charge in [-0.25, -0.2) is 14.4 Å². The summed E-state index contributed by atoms with van der Waals surface area (Å²) in [7, 11) is 1.50. The van der Waals surface area contributed by atoms with E-state index in [1.807, 2.05) is 0 Å². The zero-order valence-corrected chi connectivity index (χ0v) is 8.33. The third-order valence-electron chi connectivity index (χ3n) is 1.65. The van der Waals surface area contributed by atoms with Crippen molar-refractivity contribution in [3.63, 3.8) is 0 Å². The summed E-state index contributed by atoms with van der Waals surface area (Å²) in [5, 5.41) is 9.40. The van der Waals surface area contributed by atoms with Crippen LogP contribution in [-0.4, -0.2) is 28.8 Å². The van der Waals surface area contributed by atoms with Gasteiger partial charge in [-0.05, 0) is 11.6 Å². The van der Waals surface area contributed by atoms with Crippen LogP contribution in [0.1, 0.15) is 18.2 Å². The van der Waals surface area contributed by atoms with Crippen LogP contribution in [0.3, 0.4) is 0 Å². The number of nitrogens with zero attached hydrogens (tertiary/aromatic N) is 2. The van der Waals surface area contributed by atoms with Crippen LogP contribution in [0.4, 0.5) is 4.39 Å². The van der Waals surface area contributed by atoms with E-state index in [-0.39, 0.29) is 17.4 Å². The number of aliphatic hydroxyl groups excluding tert-OH is 1. The molecule has 1 aromatic heterocycles. The van der Waals surface area contributed by atoms with Crippen molar-refractivity contribution in [2.24, 2.45) is 0 Å². The molecule has 1 rings (SSSR count). The van der Waals surface area contributed by atoms with Gasteiger partial charge in [0.2, 0.25) is 5.28 Å². The van der Waals surface area contributed by atoms with Crippen LogP contribution < -0.4 is 0 Å². The molecular formula is C8H10ClFN2O2. The van der Waals surface area contributed by atoms with Crippen LogP contribution in [-0.2, 0) is 4.74 Å². The van der Waals surface area contributed by atoms with E-state index in [1.54, 1.807) is 0 Å². The standard InChI is InChI=1S/C8H10ClFN2O2/c1-14-3-2-6(13)7-5(10)4-11-8(9)12-7/h4,6,13H,2-3H2,1H3. The number of halogens is 2. The Balaban J connectivity index is 2.77. The quantitative estimate of drug-likeness (QED) is 0.778. The molecule has 0 spiro atoms. The molecule has 0 aromatic carbocycles. The molecule has 78 valence electrons. The second-order valence-electron chi connectivity index (χ2n) is 2.67. The van der Waals surface area contributed by atoms with Crippen LogP contribution in [0, 0.1) is 5.82 Å². The number of aromatic nitrogens is 2. The molecule has 6 heteroatoms. The van der Waals surface area contributed by atoms with Gasteiger partial charge in [0.25, 0.3) is 0 Å². The Kier molecular flexibility index (Phi) is 4.19. The zero-order chi connectivity index (χ0) is 10.6. The molecule has 1 aromatic rings. The van der Waals surface area contributed by atoms with E-state index in [9.17, 15) is 9.50 Å². The number of methoxy groups -OCH3 is 1. The predicted octanol–water partition coefficient (Wildman–Crippen LogP) is 1.34. The summed E-state index contributed by atoms with van der Waals surface area (Å²) in [5.41, 5.74) is -0.0953. The molecule has 0 saturated carbocycles. The van der Waals surface area contributed by atoms with E-state index < -0.39 is 11.9 Å². The van der Waals surface area contributed by atoms with Crippen LogP contribution >= 0.6 is 11.6 Å². The van der Waals surface area contributed by atoms with Crippen molar-refractivity contribution in [3.05, 3.63) is 23.0 Å². The Bertz CT molecular complexity index is 311. The first-order valence-corrected chi connectivity index (χ1v) is 4.38. The third kappa shape index (κ3) is 2.87. The zero-order valence-electron chi connectivity index (χ0n) is 7.57. The highest BCUT2D eigenvalue weighted by Crippen LogP contribution is 2.18. The lowest BCUT2D eigenvalue weighted by atomic mass is 10.2. The minimum Gasteiger partial charge on any atom is -0.387 e. The Morgan fingerprint density at radius 2 is 2.43 bits per heavy atom. The fourth-order valence-corrected chi connectivity index (χ4v) is 1.10. The molecule has 14 heavy (non-hydrogen) atoms. The van der Waals surface area contributed by atoms with Gasteiger partial charge in [-0.1, -0.05) is 0 Å². The second kappa shape index (κ2) is 5.19. The highest BCUT2D eigenvalue weighted by molar-refractivity contribution is 6.28. The number of ether oxygens (including phenoxy) is 1. The second-order valence-corrected chi connectivity index (χ2v) is 3.01. The predicted molar refractivity (Wildman–Crippen MR) is 48.5 cm³/mol. The van der Waals surface area contributed by atoms with Gasteiger partial charge in [-0.3, -0.25) is 0 Å². The van der Waals surface area contributed by atoms with Gasteiger partial charge < -0.3 is 9.84 Å². The summed E-state index contributed by atoms with van der Waals surface area (Å²) in [6, 6.07) is 0. The molecular weight excluding hydrogens is 211 g/mol. The minimum absolute atomic E-state index is 0.0853. The van der Waals surface area contributed by atoms with Crippen molar-refractivity contribution >= 4 is 11.6 Å². The molecule has 0 aliphatic heterocycles. The Morgan fingerprint density at radius 3 is 3.07 bits per heavy atom. The molecule has 0 bridgehead atoms. The van der Waals surface area contributed by atoms with Crippen molar-refractivity contribution < 1.29 is 14.2 Å². The first-order chi connectivity index (χ1) is 6.65. The maximum Gasteiger partial charge on any atom is 0.222 e. The maximum absolute atomic E-state index is 13.1. The van der Waals surface area contributed by atoms with Gasteiger partial charge in [0.1, 0.15) is 11.8 Å². The highest BCUT2D eigenvalue weighted by atomic mass is 35.5. The summed E-state index contributed by atoms with van der Waals surface area (Å²) in [4.78, 5) is 7.04. The minimum atomic E-state index is -1.02. The summed E-state index contributed by atoms with van der Waals surface area (Å²) in [5.74, 6) is -0.669. The van der Waals surface area contributed by atoms with Crippen molar-refractivity contribution in [2.75, 3.05) is 13.7 Å². The topological polar surface area (TPSA) is 55.2 Å². The average Bonchev–Trinajstić information content (AvgIpc) is 2.18. The molecule has 1 N–H and O–H groups in total. The normalized spacial score (nSPS) is 12.9. The van der Waals surface area contributed by atoms with E-state index in [1.165, 1.54) is 7.11 Å². The number of hydrogen-bond donors (Lipinski definition) is 1. The van der Waals surface area contributed by atoms with Crippen LogP contribution in [0.2, 0.25) is 5.28 Å². The van der Waals surface area contributed by atoms with E-state index in [0.717, 1.165) is 6.20 Å². The van der Waals surface area contributed by atoms with Gasteiger partial charge in [0.15, 0.2) is 5.82 Å². The largest absolute Gasteiger partial charge is 0.387 e. The summed E-state index contributed by atoms with van der Waals surface area (Å²) in [6.45, 7) is 0.322.